The summed E-state index contributed by atoms with van der Waals surface area (Å²) in [6.07, 6.45) is 1.75. The monoisotopic (exact) mass is 261 g/mol. The molecule has 102 valence electrons. The molecule has 2 N–H and O–H groups in total. The minimum absolute atomic E-state index is 0.453. The fourth-order valence-electron chi connectivity index (χ4n) is 1.97. The van der Waals surface area contributed by atoms with Crippen molar-refractivity contribution in [3.05, 3.63) is 54.0 Å². The fraction of sp³-hybridized carbons (Fsp3) is 0.333. The van der Waals surface area contributed by atoms with Crippen LogP contribution in [0.1, 0.15) is 11.3 Å². The average Bonchev–Trinajstić information content (AvgIpc) is 2.92. The summed E-state index contributed by atoms with van der Waals surface area (Å²) >= 11 is 0. The Kier molecular flexibility index (Phi) is 5.01. The molecule has 0 aliphatic carbocycles. The summed E-state index contributed by atoms with van der Waals surface area (Å²) < 4.78 is 10.5. The van der Waals surface area contributed by atoms with Crippen LogP contribution in [0.5, 0.6) is 5.75 Å². The minimum atomic E-state index is -0.453. The van der Waals surface area contributed by atoms with E-state index in [1.165, 1.54) is 0 Å². The van der Waals surface area contributed by atoms with Gasteiger partial charge in [-0.25, -0.2) is 0 Å². The van der Waals surface area contributed by atoms with Gasteiger partial charge in [0.1, 0.15) is 11.5 Å². The van der Waals surface area contributed by atoms with Crippen LogP contribution < -0.4 is 10.1 Å². The molecule has 0 saturated heterocycles. The number of benzene rings is 1. The molecule has 1 atom stereocenters. The number of aliphatic hydroxyl groups excluding tert-OH is 1. The number of furan rings is 1. The molecule has 0 amide bonds. The highest BCUT2D eigenvalue weighted by Crippen LogP contribution is 2.18. The van der Waals surface area contributed by atoms with Crippen LogP contribution in [0.3, 0.4) is 0 Å². The van der Waals surface area contributed by atoms with Crippen LogP contribution in [0.25, 0.3) is 0 Å². The third-order valence-electron chi connectivity index (χ3n) is 2.91. The second-order valence-corrected chi connectivity index (χ2v) is 4.38. The predicted molar refractivity (Wildman–Crippen MR) is 73.1 cm³/mol. The van der Waals surface area contributed by atoms with Crippen molar-refractivity contribution in [1.82, 2.24) is 5.32 Å². The van der Waals surface area contributed by atoms with Gasteiger partial charge < -0.3 is 19.6 Å². The van der Waals surface area contributed by atoms with Crippen LogP contribution in [0.4, 0.5) is 0 Å². The normalized spacial score (nSPS) is 12.3. The van der Waals surface area contributed by atoms with Crippen LogP contribution in [-0.4, -0.2) is 24.9 Å². The Labute approximate surface area is 113 Å². The Morgan fingerprint density at radius 3 is 2.84 bits per heavy atom. The maximum atomic E-state index is 10.0. The van der Waals surface area contributed by atoms with Gasteiger partial charge in [0.2, 0.25) is 0 Å². The summed E-state index contributed by atoms with van der Waals surface area (Å²) in [7, 11) is 1.64. The van der Waals surface area contributed by atoms with Gasteiger partial charge in [-0.3, -0.25) is 0 Å². The number of rotatable bonds is 7. The van der Waals surface area contributed by atoms with Crippen molar-refractivity contribution in [3.63, 3.8) is 0 Å². The Hall–Kier alpha value is -1.78. The van der Waals surface area contributed by atoms with E-state index in [0.29, 0.717) is 19.5 Å². The van der Waals surface area contributed by atoms with Crippen molar-refractivity contribution in [2.45, 2.75) is 19.1 Å². The summed E-state index contributed by atoms with van der Waals surface area (Å²) in [6.45, 7) is 1.13. The number of hydrogen-bond donors (Lipinski definition) is 2. The number of aliphatic hydroxyl groups is 1. The van der Waals surface area contributed by atoms with Crippen molar-refractivity contribution in [2.75, 3.05) is 13.7 Å². The molecule has 2 aromatic rings. The quantitative estimate of drug-likeness (QED) is 0.800. The third kappa shape index (κ3) is 4.12. The molecule has 19 heavy (non-hydrogen) atoms. The van der Waals surface area contributed by atoms with Crippen molar-refractivity contribution < 1.29 is 14.3 Å². The molecule has 0 radical (unpaired) electrons. The van der Waals surface area contributed by atoms with E-state index in [2.05, 4.69) is 5.32 Å². The summed E-state index contributed by atoms with van der Waals surface area (Å²) in [5.41, 5.74) is 1.01. The zero-order valence-corrected chi connectivity index (χ0v) is 11.0. The van der Waals surface area contributed by atoms with Gasteiger partial charge in [-0.15, -0.1) is 0 Å². The lowest BCUT2D eigenvalue weighted by atomic mass is 10.1. The van der Waals surface area contributed by atoms with Gasteiger partial charge in [0, 0.05) is 13.0 Å². The van der Waals surface area contributed by atoms with Gasteiger partial charge in [0.25, 0.3) is 0 Å². The average molecular weight is 261 g/mol. The summed E-state index contributed by atoms with van der Waals surface area (Å²) in [5, 5.41) is 13.2. The number of hydrogen-bond acceptors (Lipinski definition) is 4. The van der Waals surface area contributed by atoms with E-state index in [-0.39, 0.29) is 0 Å². The molecule has 4 nitrogen and oxygen atoms in total. The molecule has 0 fully saturated rings. The molecular formula is C15H19NO3. The predicted octanol–water partition coefficient (Wildman–Crippen LogP) is 1.98. The zero-order chi connectivity index (χ0) is 13.5. The van der Waals surface area contributed by atoms with Gasteiger partial charge in [-0.05, 0) is 23.8 Å². The van der Waals surface area contributed by atoms with Gasteiger partial charge in [-0.1, -0.05) is 18.2 Å². The second kappa shape index (κ2) is 6.97. The summed E-state index contributed by atoms with van der Waals surface area (Å²) in [5.74, 6) is 1.68. The highest BCUT2D eigenvalue weighted by Gasteiger charge is 2.09. The Balaban J connectivity index is 1.79. The molecule has 1 heterocycles. The van der Waals surface area contributed by atoms with Gasteiger partial charge in [0.05, 0.1) is 26.0 Å². The lowest BCUT2D eigenvalue weighted by Crippen LogP contribution is -2.28. The summed E-state index contributed by atoms with van der Waals surface area (Å²) in [6, 6.07) is 11.5. The largest absolute Gasteiger partial charge is 0.496 e. The molecule has 0 aliphatic heterocycles. The Morgan fingerprint density at radius 1 is 1.26 bits per heavy atom. The maximum absolute atomic E-state index is 10.0. The van der Waals surface area contributed by atoms with Gasteiger partial charge in [-0.2, -0.15) is 0 Å². The number of nitrogens with one attached hydrogen (secondary N) is 1. The first-order valence-electron chi connectivity index (χ1n) is 6.32. The molecule has 2 rings (SSSR count). The molecule has 0 bridgehead atoms. The molecule has 0 spiro atoms. The number of methoxy groups -OCH3 is 1. The first-order valence-corrected chi connectivity index (χ1v) is 6.32. The Bertz CT molecular complexity index is 482. The maximum Gasteiger partial charge on any atom is 0.122 e. The van der Waals surface area contributed by atoms with Crippen LogP contribution >= 0.6 is 0 Å². The van der Waals surface area contributed by atoms with Crippen molar-refractivity contribution in [2.24, 2.45) is 0 Å². The first kappa shape index (κ1) is 13.6. The van der Waals surface area contributed by atoms with Crippen LogP contribution in [0, 0.1) is 0 Å². The molecule has 0 saturated carbocycles. The zero-order valence-electron chi connectivity index (χ0n) is 11.0. The van der Waals surface area contributed by atoms with Gasteiger partial charge >= 0.3 is 0 Å². The first-order chi connectivity index (χ1) is 9.29. The third-order valence-corrected chi connectivity index (χ3v) is 2.91. The molecule has 1 aromatic heterocycles. The minimum Gasteiger partial charge on any atom is -0.496 e. The highest BCUT2D eigenvalue weighted by atomic mass is 16.5. The van der Waals surface area contributed by atoms with Crippen LogP contribution in [-0.2, 0) is 13.0 Å². The van der Waals surface area contributed by atoms with E-state index in [4.69, 9.17) is 9.15 Å². The summed E-state index contributed by atoms with van der Waals surface area (Å²) in [4.78, 5) is 0. The molecule has 4 heteroatoms. The Morgan fingerprint density at radius 2 is 2.11 bits per heavy atom. The van der Waals surface area contributed by atoms with Crippen LogP contribution in [0.2, 0.25) is 0 Å². The van der Waals surface area contributed by atoms with E-state index in [0.717, 1.165) is 17.1 Å². The number of para-hydroxylation sites is 1. The van der Waals surface area contributed by atoms with E-state index in [9.17, 15) is 5.11 Å². The van der Waals surface area contributed by atoms with Crippen molar-refractivity contribution in [3.8, 4) is 5.75 Å². The fourth-order valence-corrected chi connectivity index (χ4v) is 1.97. The number of ether oxygens (including phenoxy) is 1. The molecular weight excluding hydrogens is 242 g/mol. The lowest BCUT2D eigenvalue weighted by Gasteiger charge is -2.13. The van der Waals surface area contributed by atoms with Crippen LogP contribution in [0.15, 0.2) is 47.1 Å². The van der Waals surface area contributed by atoms with Crippen molar-refractivity contribution >= 4 is 0 Å². The topological polar surface area (TPSA) is 54.6 Å². The van der Waals surface area contributed by atoms with E-state index < -0.39 is 6.10 Å². The van der Waals surface area contributed by atoms with Crippen molar-refractivity contribution in [1.29, 1.82) is 0 Å². The SMILES string of the molecule is COc1ccccc1C[C@@H](O)CNCc1ccco1. The van der Waals surface area contributed by atoms with Gasteiger partial charge in [0.15, 0.2) is 0 Å². The van der Waals surface area contributed by atoms with E-state index in [1.807, 2.05) is 36.4 Å². The lowest BCUT2D eigenvalue weighted by molar-refractivity contribution is 0.169. The highest BCUT2D eigenvalue weighted by molar-refractivity contribution is 5.33. The van der Waals surface area contributed by atoms with E-state index in [1.54, 1.807) is 13.4 Å². The molecule has 0 unspecified atom stereocenters. The molecule has 1 aromatic carbocycles. The molecule has 0 aliphatic rings. The second-order valence-electron chi connectivity index (χ2n) is 4.38. The van der Waals surface area contributed by atoms with E-state index >= 15 is 0 Å². The smallest absolute Gasteiger partial charge is 0.122 e. The standard InChI is InChI=1S/C15H19NO3/c1-18-15-7-3-2-5-12(15)9-13(17)10-16-11-14-6-4-8-19-14/h2-8,13,16-17H,9-11H2,1H3/t13-/m1/s1.